The second kappa shape index (κ2) is 7.49. The number of alkyl halides is 3. The quantitative estimate of drug-likeness (QED) is 0.743. The van der Waals surface area contributed by atoms with Crippen molar-refractivity contribution in [3.05, 3.63) is 17.8 Å². The summed E-state index contributed by atoms with van der Waals surface area (Å²) in [7, 11) is 0. The molecule has 0 amide bonds. The van der Waals surface area contributed by atoms with Gasteiger partial charge in [0, 0.05) is 13.0 Å². The Labute approximate surface area is 110 Å². The molecule has 0 saturated heterocycles. The molecule has 1 rings (SSSR count). The minimum atomic E-state index is -4.32. The zero-order valence-electron chi connectivity index (χ0n) is 11.1. The third-order valence-corrected chi connectivity index (χ3v) is 2.18. The Kier molecular flexibility index (Phi) is 6.30. The lowest BCUT2D eigenvalue weighted by atomic mass is 10.2. The van der Waals surface area contributed by atoms with E-state index in [1.807, 2.05) is 0 Å². The number of oxazole rings is 1. The lowest BCUT2D eigenvalue weighted by molar-refractivity contribution is -0.177. The molecular formula is C12H19F3N2O2. The molecule has 19 heavy (non-hydrogen) atoms. The number of nitrogens with zero attached hydrogens (tertiary/aromatic N) is 1. The highest BCUT2D eigenvalue weighted by Crippen LogP contribution is 2.15. The Bertz CT molecular complexity index is 364. The maximum atomic E-state index is 11.9. The summed E-state index contributed by atoms with van der Waals surface area (Å²) >= 11 is 0. The van der Waals surface area contributed by atoms with Crippen LogP contribution in [0, 0.1) is 5.92 Å². The standard InChI is InChI=1S/C12H19F3N2O2/c1-9(2)5-16-4-3-11-17-6-10(19-11)7-18-8-12(13,14)15/h6,9,16H,3-5,7-8H2,1-2H3. The van der Waals surface area contributed by atoms with Crippen molar-refractivity contribution < 1.29 is 22.3 Å². The van der Waals surface area contributed by atoms with Crippen LogP contribution in [0.2, 0.25) is 0 Å². The first-order valence-electron chi connectivity index (χ1n) is 6.15. The number of aromatic nitrogens is 1. The fourth-order valence-corrected chi connectivity index (χ4v) is 1.38. The first-order valence-corrected chi connectivity index (χ1v) is 6.15. The molecular weight excluding hydrogens is 261 g/mol. The minimum Gasteiger partial charge on any atom is -0.443 e. The fraction of sp³-hybridized carbons (Fsp3) is 0.750. The van der Waals surface area contributed by atoms with Gasteiger partial charge in [-0.2, -0.15) is 13.2 Å². The predicted octanol–water partition coefficient (Wildman–Crippen LogP) is 2.54. The van der Waals surface area contributed by atoms with Gasteiger partial charge in [-0.3, -0.25) is 0 Å². The van der Waals surface area contributed by atoms with Crippen LogP contribution in [0.5, 0.6) is 0 Å². The smallest absolute Gasteiger partial charge is 0.411 e. The van der Waals surface area contributed by atoms with E-state index in [9.17, 15) is 13.2 Å². The molecule has 0 aliphatic carbocycles. The van der Waals surface area contributed by atoms with Crippen LogP contribution in [0.15, 0.2) is 10.6 Å². The van der Waals surface area contributed by atoms with Crippen LogP contribution in [0.1, 0.15) is 25.5 Å². The minimum absolute atomic E-state index is 0.216. The van der Waals surface area contributed by atoms with Gasteiger partial charge in [-0.1, -0.05) is 13.8 Å². The van der Waals surface area contributed by atoms with E-state index in [-0.39, 0.29) is 6.61 Å². The van der Waals surface area contributed by atoms with E-state index in [1.54, 1.807) is 0 Å². The molecule has 0 fully saturated rings. The molecule has 1 heterocycles. The molecule has 1 aromatic heterocycles. The largest absolute Gasteiger partial charge is 0.443 e. The lowest BCUT2D eigenvalue weighted by Gasteiger charge is -2.06. The van der Waals surface area contributed by atoms with Crippen LogP contribution in [0.25, 0.3) is 0 Å². The first kappa shape index (κ1) is 16.0. The van der Waals surface area contributed by atoms with Gasteiger partial charge < -0.3 is 14.5 Å². The predicted molar refractivity (Wildman–Crippen MR) is 63.6 cm³/mol. The zero-order chi connectivity index (χ0) is 14.3. The maximum absolute atomic E-state index is 11.9. The second-order valence-corrected chi connectivity index (χ2v) is 4.68. The van der Waals surface area contributed by atoms with E-state index in [0.717, 1.165) is 13.1 Å². The van der Waals surface area contributed by atoms with Gasteiger partial charge in [-0.15, -0.1) is 0 Å². The van der Waals surface area contributed by atoms with Gasteiger partial charge in [0.15, 0.2) is 5.89 Å². The number of nitrogens with one attached hydrogen (secondary N) is 1. The summed E-state index contributed by atoms with van der Waals surface area (Å²) < 4.78 is 45.3. The molecule has 1 N–H and O–H groups in total. The molecule has 7 heteroatoms. The van der Waals surface area contributed by atoms with E-state index >= 15 is 0 Å². The molecule has 0 saturated carbocycles. The first-order chi connectivity index (χ1) is 8.87. The van der Waals surface area contributed by atoms with Crippen LogP contribution < -0.4 is 5.32 Å². The highest BCUT2D eigenvalue weighted by Gasteiger charge is 2.27. The van der Waals surface area contributed by atoms with Crippen molar-refractivity contribution in [2.45, 2.75) is 33.1 Å². The number of halogens is 3. The van der Waals surface area contributed by atoms with E-state index < -0.39 is 12.8 Å². The van der Waals surface area contributed by atoms with Gasteiger partial charge in [-0.05, 0) is 12.5 Å². The molecule has 0 aromatic carbocycles. The Balaban J connectivity index is 2.21. The molecule has 0 unspecified atom stereocenters. The average Bonchev–Trinajstić information content (AvgIpc) is 2.70. The van der Waals surface area contributed by atoms with E-state index in [1.165, 1.54) is 6.20 Å². The molecule has 0 aliphatic rings. The third kappa shape index (κ3) is 7.84. The van der Waals surface area contributed by atoms with Crippen LogP contribution in [-0.4, -0.2) is 30.9 Å². The van der Waals surface area contributed by atoms with Crippen LogP contribution in [0.3, 0.4) is 0 Å². The van der Waals surface area contributed by atoms with Gasteiger partial charge in [0.2, 0.25) is 0 Å². The molecule has 4 nitrogen and oxygen atoms in total. The summed E-state index contributed by atoms with van der Waals surface area (Å²) in [5.41, 5.74) is 0. The summed E-state index contributed by atoms with van der Waals surface area (Å²) in [6, 6.07) is 0. The molecule has 0 radical (unpaired) electrons. The van der Waals surface area contributed by atoms with Crippen molar-refractivity contribution in [3.63, 3.8) is 0 Å². The Morgan fingerprint density at radius 1 is 1.42 bits per heavy atom. The van der Waals surface area contributed by atoms with Crippen molar-refractivity contribution in [2.24, 2.45) is 5.92 Å². The van der Waals surface area contributed by atoms with E-state index in [0.29, 0.717) is 24.0 Å². The van der Waals surface area contributed by atoms with Crippen LogP contribution in [0.4, 0.5) is 13.2 Å². The van der Waals surface area contributed by atoms with Gasteiger partial charge in [0.1, 0.15) is 19.0 Å². The Morgan fingerprint density at radius 3 is 2.79 bits per heavy atom. The number of hydrogen-bond donors (Lipinski definition) is 1. The number of ether oxygens (including phenoxy) is 1. The molecule has 110 valence electrons. The zero-order valence-corrected chi connectivity index (χ0v) is 11.1. The number of rotatable bonds is 8. The normalized spacial score (nSPS) is 12.3. The Morgan fingerprint density at radius 2 is 2.16 bits per heavy atom. The van der Waals surface area contributed by atoms with Gasteiger partial charge in [-0.25, -0.2) is 4.98 Å². The number of hydrogen-bond acceptors (Lipinski definition) is 4. The summed E-state index contributed by atoms with van der Waals surface area (Å²) in [5.74, 6) is 1.38. The van der Waals surface area contributed by atoms with Crippen molar-refractivity contribution in [3.8, 4) is 0 Å². The third-order valence-electron chi connectivity index (χ3n) is 2.18. The average molecular weight is 280 g/mol. The van der Waals surface area contributed by atoms with Gasteiger partial charge in [0.05, 0.1) is 6.20 Å². The monoisotopic (exact) mass is 280 g/mol. The summed E-state index contributed by atoms with van der Waals surface area (Å²) in [5, 5.41) is 3.23. The van der Waals surface area contributed by atoms with Crippen LogP contribution in [-0.2, 0) is 17.8 Å². The summed E-state index contributed by atoms with van der Waals surface area (Å²) in [6.07, 6.45) is -2.32. The van der Waals surface area contributed by atoms with E-state index in [4.69, 9.17) is 4.42 Å². The molecule has 0 atom stereocenters. The summed E-state index contributed by atoms with van der Waals surface area (Å²) in [6.45, 7) is 4.34. The molecule has 0 spiro atoms. The fourth-order valence-electron chi connectivity index (χ4n) is 1.38. The van der Waals surface area contributed by atoms with Crippen LogP contribution >= 0.6 is 0 Å². The maximum Gasteiger partial charge on any atom is 0.411 e. The Hall–Kier alpha value is -1.08. The van der Waals surface area contributed by atoms with Crippen molar-refractivity contribution in [1.29, 1.82) is 0 Å². The lowest BCUT2D eigenvalue weighted by Crippen LogP contribution is -2.22. The van der Waals surface area contributed by atoms with E-state index in [2.05, 4.69) is 28.9 Å². The second-order valence-electron chi connectivity index (χ2n) is 4.68. The van der Waals surface area contributed by atoms with Crippen molar-refractivity contribution in [1.82, 2.24) is 10.3 Å². The molecule has 0 aliphatic heterocycles. The SMILES string of the molecule is CC(C)CNCCc1ncc(COCC(F)(F)F)o1. The van der Waals surface area contributed by atoms with Gasteiger partial charge in [0.25, 0.3) is 0 Å². The van der Waals surface area contributed by atoms with Gasteiger partial charge >= 0.3 is 6.18 Å². The van der Waals surface area contributed by atoms with Crippen molar-refractivity contribution in [2.75, 3.05) is 19.7 Å². The topological polar surface area (TPSA) is 47.3 Å². The highest BCUT2D eigenvalue weighted by atomic mass is 19.4. The van der Waals surface area contributed by atoms with Crippen molar-refractivity contribution >= 4 is 0 Å². The molecule has 1 aromatic rings. The summed E-state index contributed by atoms with van der Waals surface area (Å²) in [4.78, 5) is 3.98. The molecule has 0 bridgehead atoms. The highest BCUT2D eigenvalue weighted by molar-refractivity contribution is 4.93.